The smallest absolute Gasteiger partial charge is 0.123 e. The zero-order chi connectivity index (χ0) is 14.8. The quantitative estimate of drug-likeness (QED) is 0.516. The number of aliphatic hydroxyl groups excluding tert-OH is 1. The Hall–Kier alpha value is -0.910. The number of piperidine rings is 1. The fraction of sp³-hybridized carbons (Fsp3) is 0.800. The minimum absolute atomic E-state index is 0.0816. The summed E-state index contributed by atoms with van der Waals surface area (Å²) in [7, 11) is 1.77. The maximum absolute atomic E-state index is 9.20. The zero-order valence-corrected chi connectivity index (χ0v) is 13.1. The van der Waals surface area contributed by atoms with E-state index in [-0.39, 0.29) is 6.61 Å². The second kappa shape index (κ2) is 9.91. The van der Waals surface area contributed by atoms with Gasteiger partial charge in [0.25, 0.3) is 0 Å². The highest BCUT2D eigenvalue weighted by Gasteiger charge is 2.17. The Morgan fingerprint density at radius 1 is 1.40 bits per heavy atom. The van der Waals surface area contributed by atoms with Crippen molar-refractivity contribution in [2.45, 2.75) is 32.7 Å². The number of rotatable bonds is 8. The van der Waals surface area contributed by atoms with E-state index >= 15 is 0 Å². The second-order valence-electron chi connectivity index (χ2n) is 5.01. The lowest BCUT2D eigenvalue weighted by Gasteiger charge is -2.31. The number of likely N-dealkylation sites (tertiary alicyclic amines) is 1. The Labute approximate surface area is 122 Å². The van der Waals surface area contributed by atoms with Gasteiger partial charge >= 0.3 is 0 Å². The van der Waals surface area contributed by atoms with Crippen LogP contribution in [0.25, 0.3) is 0 Å². The monoisotopic (exact) mass is 283 g/mol. The van der Waals surface area contributed by atoms with Crippen LogP contribution in [0.5, 0.6) is 0 Å². The largest absolute Gasteiger partial charge is 0.496 e. The van der Waals surface area contributed by atoms with Crippen LogP contribution in [0.15, 0.2) is 16.8 Å². The molecule has 1 heterocycles. The first-order valence-corrected chi connectivity index (χ1v) is 7.59. The molecule has 2 N–H and O–H groups in total. The highest BCUT2D eigenvalue weighted by atomic mass is 16.5. The van der Waals surface area contributed by atoms with Crippen LogP contribution in [-0.2, 0) is 4.74 Å². The van der Waals surface area contributed by atoms with E-state index in [4.69, 9.17) is 4.74 Å². The Morgan fingerprint density at radius 3 is 2.60 bits per heavy atom. The summed E-state index contributed by atoms with van der Waals surface area (Å²) in [6.07, 6.45) is 4.21. The van der Waals surface area contributed by atoms with Gasteiger partial charge in [-0.15, -0.1) is 0 Å². The molecule has 116 valence electrons. The summed E-state index contributed by atoms with van der Waals surface area (Å²) in [5, 5.41) is 12.8. The zero-order valence-electron chi connectivity index (χ0n) is 13.1. The second-order valence-corrected chi connectivity index (χ2v) is 5.01. The lowest BCUT2D eigenvalue weighted by Crippen LogP contribution is -2.43. The SMILES string of the molecule is CCO/C(=C/C(CNC1CCN(CC)CC1)=NC)CO. The molecule has 0 saturated carbocycles. The normalized spacial score (nSPS) is 19.4. The van der Waals surface area contributed by atoms with Gasteiger partial charge in [0.2, 0.25) is 0 Å². The predicted octanol–water partition coefficient (Wildman–Crippen LogP) is 1.04. The third kappa shape index (κ3) is 6.03. The Bertz CT molecular complexity index is 321. The van der Waals surface area contributed by atoms with Crippen LogP contribution in [0.3, 0.4) is 0 Å². The Morgan fingerprint density at radius 2 is 2.10 bits per heavy atom. The van der Waals surface area contributed by atoms with Gasteiger partial charge in [0.15, 0.2) is 0 Å². The molecule has 0 atom stereocenters. The van der Waals surface area contributed by atoms with Crippen LogP contribution in [0.4, 0.5) is 0 Å². The highest BCUT2D eigenvalue weighted by molar-refractivity contribution is 5.96. The van der Waals surface area contributed by atoms with Crippen molar-refractivity contribution < 1.29 is 9.84 Å². The molecule has 1 aliphatic heterocycles. The summed E-state index contributed by atoms with van der Waals surface area (Å²) in [4.78, 5) is 6.73. The minimum Gasteiger partial charge on any atom is -0.496 e. The van der Waals surface area contributed by atoms with Crippen molar-refractivity contribution in [1.82, 2.24) is 10.2 Å². The van der Waals surface area contributed by atoms with E-state index in [0.29, 0.717) is 18.4 Å². The summed E-state index contributed by atoms with van der Waals surface area (Å²) in [5.41, 5.74) is 0.917. The van der Waals surface area contributed by atoms with E-state index in [2.05, 4.69) is 22.1 Å². The molecule has 0 bridgehead atoms. The molecule has 1 aliphatic rings. The first-order chi connectivity index (χ1) is 9.73. The molecule has 1 rings (SSSR count). The Balaban J connectivity index is 2.38. The third-order valence-corrected chi connectivity index (χ3v) is 3.71. The first kappa shape index (κ1) is 17.1. The number of ether oxygens (including phenoxy) is 1. The van der Waals surface area contributed by atoms with E-state index in [1.807, 2.05) is 13.0 Å². The molecular formula is C15H29N3O2. The van der Waals surface area contributed by atoms with Gasteiger partial charge in [-0.25, -0.2) is 0 Å². The van der Waals surface area contributed by atoms with Crippen LogP contribution in [0, 0.1) is 0 Å². The van der Waals surface area contributed by atoms with Crippen LogP contribution in [-0.4, -0.2) is 68.2 Å². The number of hydrogen-bond acceptors (Lipinski definition) is 5. The molecule has 0 aliphatic carbocycles. The summed E-state index contributed by atoms with van der Waals surface area (Å²) < 4.78 is 5.34. The molecule has 0 radical (unpaired) electrons. The van der Waals surface area contributed by atoms with E-state index in [1.54, 1.807) is 7.05 Å². The topological polar surface area (TPSA) is 57.1 Å². The number of aliphatic hydroxyl groups is 1. The maximum Gasteiger partial charge on any atom is 0.123 e. The molecule has 20 heavy (non-hydrogen) atoms. The molecule has 0 aromatic heterocycles. The van der Waals surface area contributed by atoms with Crippen LogP contribution in [0.1, 0.15) is 26.7 Å². The van der Waals surface area contributed by atoms with Crippen molar-refractivity contribution in [2.75, 3.05) is 46.4 Å². The van der Waals surface area contributed by atoms with Crippen molar-refractivity contribution in [2.24, 2.45) is 4.99 Å². The van der Waals surface area contributed by atoms with Crippen LogP contribution in [0.2, 0.25) is 0 Å². The van der Waals surface area contributed by atoms with Gasteiger partial charge in [-0.3, -0.25) is 4.99 Å². The molecule has 1 fully saturated rings. The number of nitrogens with one attached hydrogen (secondary N) is 1. The summed E-state index contributed by atoms with van der Waals surface area (Å²) in [6.45, 7) is 8.81. The van der Waals surface area contributed by atoms with Gasteiger partial charge in [-0.1, -0.05) is 6.92 Å². The molecule has 0 spiro atoms. The Kier molecular flexibility index (Phi) is 8.49. The molecule has 5 nitrogen and oxygen atoms in total. The number of nitrogens with zero attached hydrogens (tertiary/aromatic N) is 2. The van der Waals surface area contributed by atoms with Crippen molar-refractivity contribution in [3.05, 3.63) is 11.8 Å². The molecule has 0 unspecified atom stereocenters. The summed E-state index contributed by atoms with van der Waals surface area (Å²) in [6, 6.07) is 0.563. The van der Waals surface area contributed by atoms with E-state index in [9.17, 15) is 5.11 Å². The lowest BCUT2D eigenvalue weighted by molar-refractivity contribution is 0.172. The van der Waals surface area contributed by atoms with Crippen molar-refractivity contribution in [3.63, 3.8) is 0 Å². The maximum atomic E-state index is 9.20. The van der Waals surface area contributed by atoms with Crippen LogP contribution < -0.4 is 5.32 Å². The van der Waals surface area contributed by atoms with E-state index < -0.39 is 0 Å². The molecule has 0 aromatic rings. The number of hydrogen-bond donors (Lipinski definition) is 2. The van der Waals surface area contributed by atoms with Gasteiger partial charge in [0, 0.05) is 25.7 Å². The number of aliphatic imine (C=N–C) groups is 1. The van der Waals surface area contributed by atoms with Gasteiger partial charge in [0.05, 0.1) is 12.3 Å². The summed E-state index contributed by atoms with van der Waals surface area (Å²) >= 11 is 0. The van der Waals surface area contributed by atoms with E-state index in [1.165, 1.54) is 25.9 Å². The van der Waals surface area contributed by atoms with Crippen molar-refractivity contribution in [1.29, 1.82) is 0 Å². The highest BCUT2D eigenvalue weighted by Crippen LogP contribution is 2.09. The molecule has 0 amide bonds. The first-order valence-electron chi connectivity index (χ1n) is 7.59. The average Bonchev–Trinajstić information content (AvgIpc) is 2.50. The molecule has 0 aromatic carbocycles. The van der Waals surface area contributed by atoms with Crippen LogP contribution >= 0.6 is 0 Å². The van der Waals surface area contributed by atoms with Gasteiger partial charge < -0.3 is 20.1 Å². The molecule has 5 heteroatoms. The van der Waals surface area contributed by atoms with Gasteiger partial charge in [-0.2, -0.15) is 0 Å². The third-order valence-electron chi connectivity index (χ3n) is 3.71. The van der Waals surface area contributed by atoms with Crippen molar-refractivity contribution in [3.8, 4) is 0 Å². The standard InChI is InChI=1S/C15H29N3O2/c1-4-18-8-6-13(7-9-18)17-11-14(16-3)10-15(12-19)20-5-2/h10,13,17,19H,4-9,11-12H2,1-3H3/b15-10+,16-14?. The minimum atomic E-state index is -0.0816. The van der Waals surface area contributed by atoms with Gasteiger partial charge in [0.1, 0.15) is 12.4 Å². The molecular weight excluding hydrogens is 254 g/mol. The fourth-order valence-electron chi connectivity index (χ4n) is 2.40. The van der Waals surface area contributed by atoms with Crippen molar-refractivity contribution >= 4 is 5.71 Å². The lowest BCUT2D eigenvalue weighted by atomic mass is 10.0. The predicted molar refractivity (Wildman–Crippen MR) is 83.3 cm³/mol. The van der Waals surface area contributed by atoms with Gasteiger partial charge in [-0.05, 0) is 39.4 Å². The molecule has 1 saturated heterocycles. The van der Waals surface area contributed by atoms with E-state index in [0.717, 1.165) is 18.8 Å². The summed E-state index contributed by atoms with van der Waals surface area (Å²) in [5.74, 6) is 0.579. The average molecular weight is 283 g/mol. The fourth-order valence-corrected chi connectivity index (χ4v) is 2.40.